The maximum atomic E-state index is 5.63. The molecule has 0 atom stereocenters. The topological polar surface area (TPSA) is 26.0 Å². The van der Waals surface area contributed by atoms with E-state index < -0.39 is 0 Å². The number of fused-ring (bicyclic) bond motifs is 1. The van der Waals surface area contributed by atoms with Crippen molar-refractivity contribution in [3.63, 3.8) is 0 Å². The Balaban J connectivity index is 1.84. The van der Waals surface area contributed by atoms with Crippen molar-refractivity contribution in [3.05, 3.63) is 60.0 Å². The lowest BCUT2D eigenvalue weighted by molar-refractivity contribution is 0.590. The number of aromatic nitrogens is 1. The summed E-state index contributed by atoms with van der Waals surface area (Å²) in [7, 11) is 0. The van der Waals surface area contributed by atoms with Gasteiger partial charge in [-0.25, -0.2) is 4.98 Å². The van der Waals surface area contributed by atoms with E-state index in [9.17, 15) is 0 Å². The fourth-order valence-corrected chi connectivity index (χ4v) is 2.25. The Morgan fingerprint density at radius 3 is 2.53 bits per heavy atom. The lowest BCUT2D eigenvalue weighted by Gasteiger charge is -1.96. The average molecular weight is 267 g/mol. The fraction of sp³-hybridized carbons (Fsp3) is 0.0625. The van der Waals surface area contributed by atoms with Crippen molar-refractivity contribution in [1.29, 1.82) is 0 Å². The lowest BCUT2D eigenvalue weighted by atomic mass is 10.2. The number of rotatable bonds is 3. The van der Waals surface area contributed by atoms with Crippen molar-refractivity contribution in [1.82, 2.24) is 4.98 Å². The zero-order chi connectivity index (χ0) is 13.1. The molecule has 0 saturated carbocycles. The molecular formula is C16H13NOS. The van der Waals surface area contributed by atoms with Gasteiger partial charge in [0, 0.05) is 11.0 Å². The number of nitrogens with zero attached hydrogens (tertiary/aromatic N) is 1. The van der Waals surface area contributed by atoms with E-state index >= 15 is 0 Å². The van der Waals surface area contributed by atoms with Crippen LogP contribution in [0.1, 0.15) is 11.5 Å². The van der Waals surface area contributed by atoms with Crippen LogP contribution < -0.4 is 0 Å². The van der Waals surface area contributed by atoms with E-state index in [1.165, 1.54) is 4.90 Å². The van der Waals surface area contributed by atoms with Gasteiger partial charge >= 0.3 is 0 Å². The molecule has 1 aromatic heterocycles. The van der Waals surface area contributed by atoms with Crippen molar-refractivity contribution in [3.8, 4) is 0 Å². The monoisotopic (exact) mass is 267 g/mol. The van der Waals surface area contributed by atoms with Crippen molar-refractivity contribution in [2.24, 2.45) is 0 Å². The van der Waals surface area contributed by atoms with E-state index in [2.05, 4.69) is 35.5 Å². The van der Waals surface area contributed by atoms with Gasteiger partial charge in [-0.2, -0.15) is 0 Å². The SMILES string of the molecule is CSc1ccc(C=Cc2nc3ccccc3o2)cc1. The summed E-state index contributed by atoms with van der Waals surface area (Å²) in [6, 6.07) is 16.2. The van der Waals surface area contributed by atoms with Crippen LogP contribution in [0.3, 0.4) is 0 Å². The Morgan fingerprint density at radius 1 is 1.00 bits per heavy atom. The molecule has 94 valence electrons. The predicted octanol–water partition coefficient (Wildman–Crippen LogP) is 4.72. The molecule has 0 aliphatic heterocycles. The van der Waals surface area contributed by atoms with Crippen LogP contribution in [0.5, 0.6) is 0 Å². The van der Waals surface area contributed by atoms with Crippen LogP contribution >= 0.6 is 11.8 Å². The second-order valence-electron chi connectivity index (χ2n) is 4.13. The molecule has 1 heterocycles. The van der Waals surface area contributed by atoms with Crippen LogP contribution in [0.2, 0.25) is 0 Å². The van der Waals surface area contributed by atoms with E-state index in [1.807, 2.05) is 36.4 Å². The van der Waals surface area contributed by atoms with Crippen molar-refractivity contribution in [2.75, 3.05) is 6.26 Å². The van der Waals surface area contributed by atoms with Gasteiger partial charge in [-0.1, -0.05) is 24.3 Å². The van der Waals surface area contributed by atoms with Gasteiger partial charge in [0.2, 0.25) is 5.89 Å². The standard InChI is InChI=1S/C16H13NOS/c1-19-13-9-6-12(7-10-13)8-11-16-17-14-4-2-3-5-15(14)18-16/h2-11H,1H3. The first-order valence-corrected chi connectivity index (χ1v) is 7.25. The largest absolute Gasteiger partial charge is 0.437 e. The van der Waals surface area contributed by atoms with Crippen LogP contribution in [0.25, 0.3) is 23.3 Å². The summed E-state index contributed by atoms with van der Waals surface area (Å²) in [6.07, 6.45) is 5.98. The van der Waals surface area contributed by atoms with Crippen LogP contribution in [0, 0.1) is 0 Å². The summed E-state index contributed by atoms with van der Waals surface area (Å²) in [5.41, 5.74) is 2.85. The van der Waals surface area contributed by atoms with Crippen LogP contribution in [0.4, 0.5) is 0 Å². The highest BCUT2D eigenvalue weighted by atomic mass is 32.2. The zero-order valence-electron chi connectivity index (χ0n) is 10.5. The smallest absolute Gasteiger partial charge is 0.220 e. The summed E-state index contributed by atoms with van der Waals surface area (Å²) in [5.74, 6) is 0.634. The van der Waals surface area contributed by atoms with Crippen LogP contribution in [-0.4, -0.2) is 11.2 Å². The third kappa shape index (κ3) is 2.71. The Labute approximate surface area is 116 Å². The minimum absolute atomic E-state index is 0.634. The summed E-state index contributed by atoms with van der Waals surface area (Å²) < 4.78 is 5.63. The summed E-state index contributed by atoms with van der Waals surface area (Å²) in [4.78, 5) is 5.67. The first-order chi connectivity index (χ1) is 9.35. The molecule has 0 bridgehead atoms. The van der Waals surface area contributed by atoms with E-state index in [4.69, 9.17) is 4.42 Å². The maximum absolute atomic E-state index is 5.63. The van der Waals surface area contributed by atoms with Gasteiger partial charge in [0.15, 0.2) is 5.58 Å². The number of thioether (sulfide) groups is 1. The molecule has 0 unspecified atom stereocenters. The van der Waals surface area contributed by atoms with Gasteiger partial charge in [0.1, 0.15) is 5.52 Å². The summed E-state index contributed by atoms with van der Waals surface area (Å²) in [6.45, 7) is 0. The molecule has 0 radical (unpaired) electrons. The highest BCUT2D eigenvalue weighted by molar-refractivity contribution is 7.98. The minimum atomic E-state index is 0.634. The highest BCUT2D eigenvalue weighted by Crippen LogP contribution is 2.18. The van der Waals surface area contributed by atoms with Gasteiger partial charge in [0.05, 0.1) is 0 Å². The molecule has 0 aliphatic rings. The first kappa shape index (κ1) is 12.1. The second-order valence-corrected chi connectivity index (χ2v) is 5.01. The summed E-state index contributed by atoms with van der Waals surface area (Å²) >= 11 is 1.74. The van der Waals surface area contributed by atoms with E-state index in [0.717, 1.165) is 16.7 Å². The molecule has 0 N–H and O–H groups in total. The van der Waals surface area contributed by atoms with Crippen molar-refractivity contribution >= 4 is 35.0 Å². The molecule has 2 aromatic carbocycles. The normalized spacial score (nSPS) is 11.4. The second kappa shape index (κ2) is 5.33. The van der Waals surface area contributed by atoms with Crippen molar-refractivity contribution in [2.45, 2.75) is 4.90 Å². The van der Waals surface area contributed by atoms with E-state index in [1.54, 1.807) is 11.8 Å². The van der Waals surface area contributed by atoms with Gasteiger partial charge in [0.25, 0.3) is 0 Å². The third-order valence-electron chi connectivity index (χ3n) is 2.84. The molecular weight excluding hydrogens is 254 g/mol. The van der Waals surface area contributed by atoms with Gasteiger partial charge in [-0.05, 0) is 42.2 Å². The highest BCUT2D eigenvalue weighted by Gasteiger charge is 2.00. The maximum Gasteiger partial charge on any atom is 0.220 e. The number of benzene rings is 2. The summed E-state index contributed by atoms with van der Waals surface area (Å²) in [5, 5.41) is 0. The molecule has 0 amide bonds. The Kier molecular flexibility index (Phi) is 3.38. The fourth-order valence-electron chi connectivity index (χ4n) is 1.84. The molecule has 0 spiro atoms. The molecule has 3 heteroatoms. The Morgan fingerprint density at radius 2 is 1.79 bits per heavy atom. The molecule has 0 aliphatic carbocycles. The van der Waals surface area contributed by atoms with Crippen LogP contribution in [-0.2, 0) is 0 Å². The molecule has 0 fully saturated rings. The Bertz CT molecular complexity index is 680. The Hall–Kier alpha value is -2.00. The molecule has 2 nitrogen and oxygen atoms in total. The lowest BCUT2D eigenvalue weighted by Crippen LogP contribution is -1.74. The zero-order valence-corrected chi connectivity index (χ0v) is 11.4. The molecule has 3 aromatic rings. The van der Waals surface area contributed by atoms with Gasteiger partial charge < -0.3 is 4.42 Å². The van der Waals surface area contributed by atoms with Gasteiger partial charge in [-0.15, -0.1) is 11.8 Å². The average Bonchev–Trinajstić information content (AvgIpc) is 2.88. The number of para-hydroxylation sites is 2. The first-order valence-electron chi connectivity index (χ1n) is 6.03. The predicted molar refractivity (Wildman–Crippen MR) is 81.2 cm³/mol. The third-order valence-corrected chi connectivity index (χ3v) is 3.59. The number of oxazole rings is 1. The van der Waals surface area contributed by atoms with E-state index in [0.29, 0.717) is 5.89 Å². The molecule has 19 heavy (non-hydrogen) atoms. The van der Waals surface area contributed by atoms with Gasteiger partial charge in [-0.3, -0.25) is 0 Å². The number of hydrogen-bond donors (Lipinski definition) is 0. The minimum Gasteiger partial charge on any atom is -0.437 e. The number of hydrogen-bond acceptors (Lipinski definition) is 3. The van der Waals surface area contributed by atoms with Crippen LogP contribution in [0.15, 0.2) is 57.8 Å². The molecule has 3 rings (SSSR count). The quantitative estimate of drug-likeness (QED) is 0.642. The molecule has 0 saturated heterocycles. The van der Waals surface area contributed by atoms with Crippen molar-refractivity contribution < 1.29 is 4.42 Å². The van der Waals surface area contributed by atoms with E-state index in [-0.39, 0.29) is 0 Å².